The molecule has 2 heterocycles. The van der Waals surface area contributed by atoms with Crippen LogP contribution in [0.15, 0.2) is 22.8 Å². The zero-order valence-corrected chi connectivity index (χ0v) is 22.1. The third kappa shape index (κ3) is 6.65. The molecule has 0 aromatic heterocycles. The molecule has 2 atom stereocenters. The molecule has 0 saturated carbocycles. The zero-order chi connectivity index (χ0) is 21.8. The van der Waals surface area contributed by atoms with E-state index in [1.165, 1.54) is 44.2 Å². The molecular formula is C27H44F2Si2. The summed E-state index contributed by atoms with van der Waals surface area (Å²) >= 11 is 0. The van der Waals surface area contributed by atoms with Crippen molar-refractivity contribution in [2.24, 2.45) is 23.7 Å². The molecule has 0 N–H and O–H groups in total. The first-order valence-electron chi connectivity index (χ1n) is 13.4. The second-order valence-electron chi connectivity index (χ2n) is 11.6. The van der Waals surface area contributed by atoms with Crippen LogP contribution in [0.1, 0.15) is 90.9 Å². The molecule has 4 rings (SSSR count). The highest BCUT2D eigenvalue weighted by Crippen LogP contribution is 2.43. The van der Waals surface area contributed by atoms with Gasteiger partial charge in [0.1, 0.15) is 0 Å². The van der Waals surface area contributed by atoms with Gasteiger partial charge >= 0.3 is 0 Å². The summed E-state index contributed by atoms with van der Waals surface area (Å²) in [4.78, 5) is 0. The van der Waals surface area contributed by atoms with E-state index in [4.69, 9.17) is 0 Å². The molecule has 0 bridgehead atoms. The highest BCUT2D eigenvalue weighted by atomic mass is 28.3. The predicted octanol–water partition coefficient (Wildman–Crippen LogP) is 9.20. The lowest BCUT2D eigenvalue weighted by atomic mass is 9.76. The lowest BCUT2D eigenvalue weighted by Gasteiger charge is -2.37. The molecule has 0 amide bonds. The quantitative estimate of drug-likeness (QED) is 0.345. The molecule has 0 spiro atoms. The van der Waals surface area contributed by atoms with Crippen LogP contribution in [0.25, 0.3) is 0 Å². The fraction of sp³-hybridized carbons (Fsp3) is 0.852. The van der Waals surface area contributed by atoms with Crippen LogP contribution in [0, 0.1) is 23.7 Å². The lowest BCUT2D eigenvalue weighted by Crippen LogP contribution is -2.32. The minimum atomic E-state index is -0.0893. The summed E-state index contributed by atoms with van der Waals surface area (Å²) in [5, 5.41) is 0. The van der Waals surface area contributed by atoms with Crippen molar-refractivity contribution < 1.29 is 8.78 Å². The molecule has 4 heteroatoms. The van der Waals surface area contributed by atoms with Gasteiger partial charge in [0.05, 0.1) is 11.7 Å². The summed E-state index contributed by atoms with van der Waals surface area (Å²) in [6, 6.07) is 6.20. The highest BCUT2D eigenvalue weighted by molar-refractivity contribution is 6.77. The van der Waals surface area contributed by atoms with Crippen LogP contribution in [-0.4, -0.2) is 17.6 Å². The number of allylic oxidation sites excluding steroid dienone is 4. The minimum absolute atomic E-state index is 0.0119. The summed E-state index contributed by atoms with van der Waals surface area (Å²) in [5.41, 5.74) is 3.67. The summed E-state index contributed by atoms with van der Waals surface area (Å²) in [6.45, 7) is 4.57. The van der Waals surface area contributed by atoms with Gasteiger partial charge in [0, 0.05) is 30.4 Å². The van der Waals surface area contributed by atoms with Crippen LogP contribution in [0.5, 0.6) is 0 Å². The molecule has 0 aromatic rings. The Morgan fingerprint density at radius 2 is 1.19 bits per heavy atom. The van der Waals surface area contributed by atoms with E-state index in [-0.39, 0.29) is 29.2 Å². The fourth-order valence-electron chi connectivity index (χ4n) is 6.70. The lowest BCUT2D eigenvalue weighted by molar-refractivity contribution is 0.254. The zero-order valence-electron chi connectivity index (χ0n) is 20.1. The van der Waals surface area contributed by atoms with Gasteiger partial charge in [-0.15, -0.1) is 0 Å². The third-order valence-electron chi connectivity index (χ3n) is 9.11. The number of hydrogen-bond donors (Lipinski definition) is 0. The Morgan fingerprint density at radius 3 is 1.77 bits per heavy atom. The van der Waals surface area contributed by atoms with Crippen molar-refractivity contribution in [1.82, 2.24) is 0 Å². The summed E-state index contributed by atoms with van der Waals surface area (Å²) in [5.74, 6) is 3.12. The van der Waals surface area contributed by atoms with Crippen molar-refractivity contribution in [1.29, 1.82) is 0 Å². The predicted molar refractivity (Wildman–Crippen MR) is 133 cm³/mol. The Kier molecular flexibility index (Phi) is 8.69. The van der Waals surface area contributed by atoms with E-state index in [2.05, 4.69) is 13.8 Å². The highest BCUT2D eigenvalue weighted by Gasteiger charge is 2.33. The van der Waals surface area contributed by atoms with Crippen molar-refractivity contribution in [2.75, 3.05) is 0 Å². The molecule has 2 fully saturated rings. The molecule has 31 heavy (non-hydrogen) atoms. The van der Waals surface area contributed by atoms with Crippen LogP contribution in [-0.2, 0) is 0 Å². The first-order chi connectivity index (χ1) is 15.0. The molecule has 2 aliphatic heterocycles. The normalized spacial score (nSPS) is 31.0. The van der Waals surface area contributed by atoms with Gasteiger partial charge in [-0.3, -0.25) is 0 Å². The summed E-state index contributed by atoms with van der Waals surface area (Å²) < 4.78 is 29.2. The molecule has 0 aromatic carbocycles. The van der Waals surface area contributed by atoms with E-state index < -0.39 is 0 Å². The van der Waals surface area contributed by atoms with Gasteiger partial charge in [-0.2, -0.15) is 0 Å². The molecule has 174 valence electrons. The van der Waals surface area contributed by atoms with Crippen LogP contribution in [0.2, 0.25) is 29.8 Å². The minimum Gasteiger partial charge on any atom is -0.212 e. The van der Waals surface area contributed by atoms with Gasteiger partial charge in [0.2, 0.25) is 0 Å². The second-order valence-corrected chi connectivity index (χ2v) is 18.0. The second kappa shape index (κ2) is 11.3. The first-order valence-corrected chi connectivity index (χ1v) is 17.6. The van der Waals surface area contributed by atoms with Crippen LogP contribution in [0.3, 0.4) is 0 Å². The van der Waals surface area contributed by atoms with Gasteiger partial charge in [0.15, 0.2) is 0 Å². The monoisotopic (exact) mass is 462 g/mol. The van der Waals surface area contributed by atoms with Gasteiger partial charge in [-0.25, -0.2) is 8.78 Å². The number of hydrogen-bond acceptors (Lipinski definition) is 0. The molecule has 0 nitrogen and oxygen atoms in total. The summed E-state index contributed by atoms with van der Waals surface area (Å²) in [6.07, 6.45) is 12.7. The SMILES string of the molecule is CC1CC[Si](C[Si]2CCC(C3CCC(CCC4=C(F)CC(C)CC4)=C(F)C3)CC2)CC1. The Bertz CT molecular complexity index is 654. The van der Waals surface area contributed by atoms with Gasteiger partial charge < -0.3 is 0 Å². The standard InChI is InChI=1S/C27H44F2Si2/c1-20-9-13-30(14-10-20)19-31-15-11-22(12-16-31)25-8-7-24(27(29)18-25)6-5-23-4-3-21(2)17-26(23)28/h20-22,25H,3-19H2,1-2H3. The molecule has 2 aliphatic carbocycles. The van der Waals surface area contributed by atoms with Crippen molar-refractivity contribution in [3.63, 3.8) is 0 Å². The van der Waals surface area contributed by atoms with E-state index in [9.17, 15) is 8.78 Å². The van der Waals surface area contributed by atoms with E-state index in [0.717, 1.165) is 55.1 Å². The van der Waals surface area contributed by atoms with Crippen molar-refractivity contribution in [3.8, 4) is 0 Å². The van der Waals surface area contributed by atoms with Crippen LogP contribution in [0.4, 0.5) is 8.78 Å². The van der Waals surface area contributed by atoms with E-state index >= 15 is 0 Å². The van der Waals surface area contributed by atoms with Crippen molar-refractivity contribution in [3.05, 3.63) is 22.8 Å². The van der Waals surface area contributed by atoms with Gasteiger partial charge in [-0.05, 0) is 73.3 Å². The average Bonchev–Trinajstić information content (AvgIpc) is 2.76. The van der Waals surface area contributed by atoms with E-state index in [0.29, 0.717) is 24.7 Å². The topological polar surface area (TPSA) is 0 Å². The largest absolute Gasteiger partial charge is 0.212 e. The molecule has 2 radical (unpaired) electrons. The first kappa shape index (κ1) is 23.9. The van der Waals surface area contributed by atoms with E-state index in [1.54, 1.807) is 17.8 Å². The Morgan fingerprint density at radius 1 is 0.645 bits per heavy atom. The smallest absolute Gasteiger partial charge is 0.0994 e. The maximum atomic E-state index is 15.0. The molecular weight excluding hydrogens is 418 g/mol. The molecule has 2 saturated heterocycles. The maximum Gasteiger partial charge on any atom is 0.0994 e. The van der Waals surface area contributed by atoms with Gasteiger partial charge in [-0.1, -0.05) is 69.4 Å². The Balaban J connectivity index is 1.20. The maximum absolute atomic E-state index is 15.0. The fourth-order valence-corrected chi connectivity index (χ4v) is 16.2. The third-order valence-corrected chi connectivity index (χ3v) is 17.1. The number of halogens is 2. The summed E-state index contributed by atoms with van der Waals surface area (Å²) in [7, 11) is -0.101. The van der Waals surface area contributed by atoms with Crippen molar-refractivity contribution >= 4 is 17.6 Å². The van der Waals surface area contributed by atoms with Crippen LogP contribution >= 0.6 is 0 Å². The number of rotatable bonds is 6. The van der Waals surface area contributed by atoms with E-state index in [1.807, 2.05) is 0 Å². The van der Waals surface area contributed by atoms with Gasteiger partial charge in [0.25, 0.3) is 0 Å². The average molecular weight is 463 g/mol. The molecule has 4 aliphatic rings. The molecule has 2 unspecified atom stereocenters. The Labute approximate surface area is 193 Å². The Hall–Kier alpha value is -0.226. The van der Waals surface area contributed by atoms with Crippen LogP contribution < -0.4 is 0 Å². The van der Waals surface area contributed by atoms with Crippen molar-refractivity contribution in [2.45, 2.75) is 121 Å².